The average molecular weight is 430 g/mol. The molecule has 3 aliphatic rings. The van der Waals surface area contributed by atoms with E-state index in [1.165, 1.54) is 0 Å². The maximum atomic E-state index is 10.8. The number of benzene rings is 2. The fraction of sp³-hybridized carbons (Fsp3) is 0.478. The third kappa shape index (κ3) is 3.18. The standard InChI is InChI=1S/C23H26O8/c1-10-17(25)11(2)21-16-14(8-13(28-20(10)16)12-6-4-3-5-7-12)29-22-19(27)18(26)15(9-24)30-23(22)31-21/h3-7,13-15,18-19,22-27H,8-9H2,1-2H3/t13-,14+,15+,18+,19-,22+,23-/m0/s1. The Morgan fingerprint density at radius 1 is 0.903 bits per heavy atom. The minimum Gasteiger partial charge on any atom is -0.507 e. The first-order valence-electron chi connectivity index (χ1n) is 10.4. The molecule has 7 atom stereocenters. The second-order valence-electron chi connectivity index (χ2n) is 8.34. The zero-order valence-corrected chi connectivity index (χ0v) is 17.3. The van der Waals surface area contributed by atoms with Gasteiger partial charge >= 0.3 is 0 Å². The summed E-state index contributed by atoms with van der Waals surface area (Å²) >= 11 is 0. The van der Waals surface area contributed by atoms with E-state index >= 15 is 0 Å². The van der Waals surface area contributed by atoms with Crippen LogP contribution in [0.2, 0.25) is 0 Å². The number of phenolic OH excluding ortho intramolecular Hbond substituents is 1. The molecule has 1 saturated heterocycles. The molecule has 0 unspecified atom stereocenters. The molecule has 3 aliphatic heterocycles. The first-order chi connectivity index (χ1) is 14.9. The maximum absolute atomic E-state index is 10.8. The average Bonchev–Trinajstić information content (AvgIpc) is 2.96. The van der Waals surface area contributed by atoms with E-state index in [4.69, 9.17) is 18.9 Å². The van der Waals surface area contributed by atoms with Crippen molar-refractivity contribution >= 4 is 0 Å². The van der Waals surface area contributed by atoms with Crippen molar-refractivity contribution in [2.75, 3.05) is 6.61 Å². The van der Waals surface area contributed by atoms with Crippen molar-refractivity contribution in [3.8, 4) is 17.2 Å². The molecular formula is C23H26O8. The molecule has 0 amide bonds. The molecule has 31 heavy (non-hydrogen) atoms. The van der Waals surface area contributed by atoms with E-state index in [-0.39, 0.29) is 11.9 Å². The normalized spacial score (nSPS) is 34.0. The van der Waals surface area contributed by atoms with Crippen LogP contribution in [0.15, 0.2) is 30.3 Å². The van der Waals surface area contributed by atoms with Crippen LogP contribution in [0.3, 0.4) is 0 Å². The van der Waals surface area contributed by atoms with Gasteiger partial charge in [0.15, 0.2) is 0 Å². The third-order valence-corrected chi connectivity index (χ3v) is 6.44. The molecule has 8 nitrogen and oxygen atoms in total. The smallest absolute Gasteiger partial charge is 0.229 e. The topological polar surface area (TPSA) is 118 Å². The largest absolute Gasteiger partial charge is 0.507 e. The van der Waals surface area contributed by atoms with Gasteiger partial charge in [0.05, 0.1) is 18.3 Å². The van der Waals surface area contributed by atoms with E-state index < -0.39 is 43.4 Å². The number of ether oxygens (including phenoxy) is 4. The Morgan fingerprint density at radius 3 is 2.26 bits per heavy atom. The fourth-order valence-corrected chi connectivity index (χ4v) is 4.70. The highest BCUT2D eigenvalue weighted by atomic mass is 16.7. The van der Waals surface area contributed by atoms with Gasteiger partial charge < -0.3 is 39.4 Å². The third-order valence-electron chi connectivity index (χ3n) is 6.44. The highest BCUT2D eigenvalue weighted by Gasteiger charge is 2.51. The van der Waals surface area contributed by atoms with Gasteiger partial charge in [0.25, 0.3) is 0 Å². The maximum Gasteiger partial charge on any atom is 0.229 e. The second-order valence-corrected chi connectivity index (χ2v) is 8.34. The van der Waals surface area contributed by atoms with E-state index in [2.05, 4.69) is 0 Å². The number of hydrogen-bond donors (Lipinski definition) is 4. The lowest BCUT2D eigenvalue weighted by molar-refractivity contribution is -0.292. The van der Waals surface area contributed by atoms with Crippen molar-refractivity contribution in [3.05, 3.63) is 52.6 Å². The number of aliphatic hydroxyl groups excluding tert-OH is 3. The van der Waals surface area contributed by atoms with Crippen molar-refractivity contribution in [3.63, 3.8) is 0 Å². The van der Waals surface area contributed by atoms with Gasteiger partial charge in [-0.25, -0.2) is 0 Å². The van der Waals surface area contributed by atoms with Crippen LogP contribution >= 0.6 is 0 Å². The van der Waals surface area contributed by atoms with Crippen LogP contribution in [0, 0.1) is 13.8 Å². The summed E-state index contributed by atoms with van der Waals surface area (Å²) in [5, 5.41) is 41.3. The van der Waals surface area contributed by atoms with E-state index in [0.29, 0.717) is 34.6 Å². The van der Waals surface area contributed by atoms with Gasteiger partial charge in [-0.15, -0.1) is 0 Å². The number of hydrogen-bond acceptors (Lipinski definition) is 8. The molecule has 2 aromatic rings. The van der Waals surface area contributed by atoms with Crippen molar-refractivity contribution in [1.29, 1.82) is 0 Å². The van der Waals surface area contributed by atoms with E-state index in [1.54, 1.807) is 13.8 Å². The number of fused-ring (bicyclic) bond motifs is 1. The van der Waals surface area contributed by atoms with Crippen LogP contribution in [0.4, 0.5) is 0 Å². The summed E-state index contributed by atoms with van der Waals surface area (Å²) < 4.78 is 24.4. The molecule has 8 heteroatoms. The molecule has 0 radical (unpaired) electrons. The number of aliphatic hydroxyl groups is 3. The van der Waals surface area contributed by atoms with Crippen molar-refractivity contribution < 1.29 is 39.4 Å². The van der Waals surface area contributed by atoms with Crippen LogP contribution in [-0.2, 0) is 9.47 Å². The quantitative estimate of drug-likeness (QED) is 0.570. The Balaban J connectivity index is 1.62. The van der Waals surface area contributed by atoms with Gasteiger partial charge in [-0.05, 0) is 19.4 Å². The molecule has 0 aromatic heterocycles. The zero-order valence-electron chi connectivity index (χ0n) is 17.3. The Bertz CT molecular complexity index is 978. The highest BCUT2D eigenvalue weighted by Crippen LogP contribution is 2.55. The molecule has 0 spiro atoms. The van der Waals surface area contributed by atoms with E-state index in [1.807, 2.05) is 30.3 Å². The van der Waals surface area contributed by atoms with Crippen LogP contribution in [0.1, 0.15) is 40.9 Å². The van der Waals surface area contributed by atoms with Crippen LogP contribution in [0.25, 0.3) is 0 Å². The van der Waals surface area contributed by atoms with E-state index in [0.717, 1.165) is 5.56 Å². The summed E-state index contributed by atoms with van der Waals surface area (Å²) in [6, 6.07) is 9.70. The van der Waals surface area contributed by atoms with Crippen LogP contribution in [-0.4, -0.2) is 57.7 Å². The Morgan fingerprint density at radius 2 is 1.58 bits per heavy atom. The summed E-state index contributed by atoms with van der Waals surface area (Å²) in [4.78, 5) is 0. The number of aromatic hydroxyl groups is 1. The summed E-state index contributed by atoms with van der Waals surface area (Å²) in [5.74, 6) is 0.910. The van der Waals surface area contributed by atoms with Gasteiger partial charge in [-0.3, -0.25) is 0 Å². The molecule has 1 fully saturated rings. The SMILES string of the molecule is Cc1c(O)c(C)c2c3c1O[C@@H]1O[C@H](CO)[C@@H](O)[C@H](O)[C@H]1O[C@@H]3C[C@@H](c1ccccc1)O2. The van der Waals surface area contributed by atoms with Crippen molar-refractivity contribution in [2.24, 2.45) is 0 Å². The fourth-order valence-electron chi connectivity index (χ4n) is 4.70. The first-order valence-corrected chi connectivity index (χ1v) is 10.4. The molecule has 5 rings (SSSR count). The molecule has 166 valence electrons. The molecular weight excluding hydrogens is 404 g/mol. The Labute approximate surface area is 179 Å². The lowest BCUT2D eigenvalue weighted by atomic mass is 9.90. The summed E-state index contributed by atoms with van der Waals surface area (Å²) in [6.45, 7) is 3.02. The monoisotopic (exact) mass is 430 g/mol. The summed E-state index contributed by atoms with van der Waals surface area (Å²) in [7, 11) is 0. The molecule has 4 N–H and O–H groups in total. The molecule has 0 aliphatic carbocycles. The zero-order chi connectivity index (χ0) is 21.9. The number of rotatable bonds is 2. The Hall–Kier alpha value is -2.36. The van der Waals surface area contributed by atoms with Crippen LogP contribution < -0.4 is 9.47 Å². The van der Waals surface area contributed by atoms with Crippen molar-refractivity contribution in [2.45, 2.75) is 63.2 Å². The Kier molecular flexibility index (Phi) is 5.07. The van der Waals surface area contributed by atoms with Gasteiger partial charge in [0.2, 0.25) is 6.29 Å². The summed E-state index contributed by atoms with van der Waals surface area (Å²) in [5.41, 5.74) is 2.70. The van der Waals surface area contributed by atoms with Crippen molar-refractivity contribution in [1.82, 2.24) is 0 Å². The molecule has 0 saturated carbocycles. The number of phenols is 1. The molecule has 3 heterocycles. The molecule has 0 bridgehead atoms. The predicted octanol–water partition coefficient (Wildman–Crippen LogP) is 1.79. The highest BCUT2D eigenvalue weighted by molar-refractivity contribution is 5.63. The van der Waals surface area contributed by atoms with Gasteiger partial charge in [0.1, 0.15) is 47.8 Å². The van der Waals surface area contributed by atoms with Gasteiger partial charge in [0, 0.05) is 17.5 Å². The van der Waals surface area contributed by atoms with Crippen LogP contribution in [0.5, 0.6) is 17.2 Å². The van der Waals surface area contributed by atoms with E-state index in [9.17, 15) is 20.4 Å². The minimum atomic E-state index is -1.32. The van der Waals surface area contributed by atoms with Gasteiger partial charge in [-0.1, -0.05) is 30.3 Å². The lowest BCUT2D eigenvalue weighted by Gasteiger charge is -2.41. The predicted molar refractivity (Wildman–Crippen MR) is 108 cm³/mol. The molecule has 2 aromatic carbocycles. The summed E-state index contributed by atoms with van der Waals surface area (Å²) in [6.07, 6.45) is -6.11. The first kappa shape index (κ1) is 20.5. The van der Waals surface area contributed by atoms with Gasteiger partial charge in [-0.2, -0.15) is 0 Å². The second kappa shape index (κ2) is 7.65. The minimum absolute atomic E-state index is 0.0507. The lowest BCUT2D eigenvalue weighted by Crippen LogP contribution is -2.60.